The first-order chi connectivity index (χ1) is 7.97. The summed E-state index contributed by atoms with van der Waals surface area (Å²) >= 11 is 2.84. The molecule has 6 heteroatoms. The topological polar surface area (TPSA) is 86.2 Å². The van der Waals surface area contributed by atoms with E-state index in [1.54, 1.807) is 19.1 Å². The Kier molecular flexibility index (Phi) is 7.62. The third-order valence-electron chi connectivity index (χ3n) is 1.61. The van der Waals surface area contributed by atoms with Gasteiger partial charge in [0.25, 0.3) is 0 Å². The van der Waals surface area contributed by atoms with E-state index < -0.39 is 4.92 Å². The Morgan fingerprint density at radius 1 is 1.47 bits per heavy atom. The zero-order chi connectivity index (χ0) is 13.3. The average Bonchev–Trinajstić information content (AvgIpc) is 2.31. The number of halogens is 1. The summed E-state index contributed by atoms with van der Waals surface area (Å²) in [6.45, 7) is 1.72. The first-order valence-corrected chi connectivity index (χ1v) is 5.61. The van der Waals surface area contributed by atoms with E-state index in [9.17, 15) is 14.9 Å². The van der Waals surface area contributed by atoms with Crippen LogP contribution in [0.1, 0.15) is 18.9 Å². The maximum Gasteiger partial charge on any atom is 0.311 e. The number of hydrogen-bond donors (Lipinski definition) is 1. The van der Waals surface area contributed by atoms with Crippen molar-refractivity contribution in [2.45, 2.75) is 13.3 Å². The summed E-state index contributed by atoms with van der Waals surface area (Å²) in [6, 6.07) is 9.10. The molecule has 92 valence electrons. The Hall–Kier alpha value is -1.69. The van der Waals surface area contributed by atoms with Crippen molar-refractivity contribution >= 4 is 27.9 Å². The van der Waals surface area contributed by atoms with Crippen LogP contribution in [0.15, 0.2) is 34.9 Å². The summed E-state index contributed by atoms with van der Waals surface area (Å²) in [7, 11) is 0. The van der Waals surface area contributed by atoms with Gasteiger partial charge in [0.05, 0.1) is 4.92 Å². The number of carbonyl (C=O) groups excluding carboxylic acids is 1. The molecular weight excluding hydrogens is 288 g/mol. The van der Waals surface area contributed by atoms with Gasteiger partial charge in [-0.25, -0.2) is 0 Å². The Bertz CT molecular complexity index is 404. The number of carbonyl (C=O) groups is 1. The van der Waals surface area contributed by atoms with Crippen LogP contribution in [0.5, 0.6) is 0 Å². The summed E-state index contributed by atoms with van der Waals surface area (Å²) in [6.07, 6.45) is 1.90. The Morgan fingerprint density at radius 2 is 1.94 bits per heavy atom. The van der Waals surface area contributed by atoms with Gasteiger partial charge in [0.2, 0.25) is 5.91 Å². The molecule has 1 aromatic carbocycles. The number of rotatable bonds is 3. The zero-order valence-electron chi connectivity index (χ0n) is 9.30. The highest BCUT2D eigenvalue weighted by atomic mass is 79.9. The molecule has 17 heavy (non-hydrogen) atoms. The standard InChI is InChI=1S/C8H6BrNO2.C3H7NO/c9-8(10(11)12)6-7-4-2-1-3-5-7;1-2-3(4)5/h1-6H;2H2,1H3,(H2,4,5). The normalized spacial score (nSPS) is 10.1. The van der Waals surface area contributed by atoms with Crippen LogP contribution < -0.4 is 5.73 Å². The summed E-state index contributed by atoms with van der Waals surface area (Å²) in [5, 5.41) is 10.2. The molecule has 0 bridgehead atoms. The highest BCUT2D eigenvalue weighted by Crippen LogP contribution is 2.11. The van der Waals surface area contributed by atoms with Crippen molar-refractivity contribution < 1.29 is 9.72 Å². The first-order valence-electron chi connectivity index (χ1n) is 4.82. The molecule has 5 nitrogen and oxygen atoms in total. The fourth-order valence-electron chi connectivity index (χ4n) is 0.739. The maximum absolute atomic E-state index is 10.2. The van der Waals surface area contributed by atoms with E-state index in [4.69, 9.17) is 0 Å². The van der Waals surface area contributed by atoms with Crippen LogP contribution in [-0.4, -0.2) is 10.8 Å². The SMILES string of the molecule is CCC(N)=O.O=[N+]([O-])C(Br)=Cc1ccccc1. The lowest BCUT2D eigenvalue weighted by atomic mass is 10.2. The van der Waals surface area contributed by atoms with Crippen LogP contribution >= 0.6 is 15.9 Å². The predicted octanol–water partition coefficient (Wildman–Crippen LogP) is 2.54. The van der Waals surface area contributed by atoms with Crippen molar-refractivity contribution in [1.82, 2.24) is 0 Å². The number of nitrogens with two attached hydrogens (primary N) is 1. The summed E-state index contributed by atoms with van der Waals surface area (Å²) in [5.41, 5.74) is 5.46. The fraction of sp³-hybridized carbons (Fsp3) is 0.182. The molecular formula is C11H13BrN2O3. The van der Waals surface area contributed by atoms with Crippen LogP contribution in [0.2, 0.25) is 0 Å². The summed E-state index contributed by atoms with van der Waals surface area (Å²) in [4.78, 5) is 19.3. The van der Waals surface area contributed by atoms with Gasteiger partial charge in [-0.15, -0.1) is 0 Å². The van der Waals surface area contributed by atoms with Gasteiger partial charge in [-0.2, -0.15) is 0 Å². The van der Waals surface area contributed by atoms with Crippen LogP contribution in [0.4, 0.5) is 0 Å². The minimum Gasteiger partial charge on any atom is -0.370 e. The van der Waals surface area contributed by atoms with E-state index in [1.165, 1.54) is 6.08 Å². The highest BCUT2D eigenvalue weighted by molar-refractivity contribution is 9.11. The van der Waals surface area contributed by atoms with Crippen molar-refractivity contribution in [3.63, 3.8) is 0 Å². The van der Waals surface area contributed by atoms with Gasteiger partial charge < -0.3 is 5.73 Å². The molecule has 0 saturated heterocycles. The molecule has 0 radical (unpaired) electrons. The summed E-state index contributed by atoms with van der Waals surface area (Å²) in [5.74, 6) is -0.245. The molecule has 0 atom stereocenters. The van der Waals surface area contributed by atoms with Gasteiger partial charge in [-0.05, 0) is 5.56 Å². The van der Waals surface area contributed by atoms with Gasteiger partial charge in [-0.3, -0.25) is 14.9 Å². The molecule has 0 unspecified atom stereocenters. The average molecular weight is 301 g/mol. The van der Waals surface area contributed by atoms with Gasteiger partial charge in [0.15, 0.2) is 0 Å². The van der Waals surface area contributed by atoms with Crippen molar-refractivity contribution in [3.05, 3.63) is 50.6 Å². The molecule has 0 aliphatic heterocycles. The molecule has 0 spiro atoms. The van der Waals surface area contributed by atoms with Crippen molar-refractivity contribution in [3.8, 4) is 0 Å². The largest absolute Gasteiger partial charge is 0.370 e. The predicted molar refractivity (Wildman–Crippen MR) is 69.8 cm³/mol. The molecule has 2 N–H and O–H groups in total. The Balaban J connectivity index is 0.000000437. The quantitative estimate of drug-likeness (QED) is 0.529. The van der Waals surface area contributed by atoms with Crippen LogP contribution in [0.3, 0.4) is 0 Å². The van der Waals surface area contributed by atoms with E-state index in [-0.39, 0.29) is 10.5 Å². The molecule has 1 amide bonds. The van der Waals surface area contributed by atoms with E-state index in [0.29, 0.717) is 6.42 Å². The smallest absolute Gasteiger partial charge is 0.311 e. The first kappa shape index (κ1) is 15.3. The molecule has 0 heterocycles. The Labute approximate surface area is 108 Å². The molecule has 0 saturated carbocycles. The number of amides is 1. The van der Waals surface area contributed by atoms with Crippen LogP contribution in [0, 0.1) is 10.1 Å². The highest BCUT2D eigenvalue weighted by Gasteiger charge is 2.02. The molecule has 0 aliphatic rings. The number of benzene rings is 1. The van der Waals surface area contributed by atoms with E-state index in [2.05, 4.69) is 21.7 Å². The van der Waals surface area contributed by atoms with Crippen molar-refractivity contribution in [2.24, 2.45) is 5.73 Å². The van der Waals surface area contributed by atoms with E-state index >= 15 is 0 Å². The third-order valence-corrected chi connectivity index (χ3v) is 2.13. The number of nitrogens with zero attached hydrogens (tertiary/aromatic N) is 1. The molecule has 0 fully saturated rings. The number of nitro groups is 1. The second kappa shape index (κ2) is 8.46. The minimum absolute atomic E-state index is 0.0336. The molecule has 0 aliphatic carbocycles. The summed E-state index contributed by atoms with van der Waals surface area (Å²) < 4.78 is -0.0336. The second-order valence-electron chi connectivity index (χ2n) is 2.95. The maximum atomic E-state index is 10.2. The van der Waals surface area contributed by atoms with E-state index in [1.807, 2.05) is 18.2 Å². The van der Waals surface area contributed by atoms with Gasteiger partial charge in [-0.1, -0.05) is 37.3 Å². The number of hydrogen-bond acceptors (Lipinski definition) is 3. The lowest BCUT2D eigenvalue weighted by Gasteiger charge is -1.89. The number of primary amides is 1. The molecule has 1 aromatic rings. The van der Waals surface area contributed by atoms with Crippen LogP contribution in [0.25, 0.3) is 6.08 Å². The van der Waals surface area contributed by atoms with Gasteiger partial charge >= 0.3 is 4.61 Å². The van der Waals surface area contributed by atoms with Gasteiger partial charge in [0, 0.05) is 28.4 Å². The van der Waals surface area contributed by atoms with Crippen molar-refractivity contribution in [2.75, 3.05) is 0 Å². The molecule has 0 aromatic heterocycles. The van der Waals surface area contributed by atoms with Crippen molar-refractivity contribution in [1.29, 1.82) is 0 Å². The van der Waals surface area contributed by atoms with Crippen LogP contribution in [-0.2, 0) is 4.79 Å². The second-order valence-corrected chi connectivity index (χ2v) is 3.77. The molecule has 1 rings (SSSR count). The fourth-order valence-corrected chi connectivity index (χ4v) is 1.00. The zero-order valence-corrected chi connectivity index (χ0v) is 10.9. The lowest BCUT2D eigenvalue weighted by Crippen LogP contribution is -2.06. The van der Waals surface area contributed by atoms with Gasteiger partial charge in [0.1, 0.15) is 0 Å². The van der Waals surface area contributed by atoms with E-state index in [0.717, 1.165) is 5.56 Å². The minimum atomic E-state index is -0.479. The Morgan fingerprint density at radius 3 is 2.29 bits per heavy atom. The lowest BCUT2D eigenvalue weighted by molar-refractivity contribution is -0.407. The monoisotopic (exact) mass is 300 g/mol. The third kappa shape index (κ3) is 8.15.